The molecule has 0 amide bonds. The number of nitrogens with one attached hydrogen (secondary N) is 1. The van der Waals surface area contributed by atoms with Gasteiger partial charge in [0.1, 0.15) is 0 Å². The largest absolute Gasteiger partial charge is 0.481 e. The van der Waals surface area contributed by atoms with Crippen LogP contribution in [-0.2, 0) is 9.59 Å². The third-order valence-electron chi connectivity index (χ3n) is 1.44. The summed E-state index contributed by atoms with van der Waals surface area (Å²) in [7, 11) is 0. The molecule has 0 aliphatic heterocycles. The number of nitrogens with two attached hydrogens (primary N) is 3. The Morgan fingerprint density at radius 1 is 1.33 bits per heavy atom. The molecule has 0 fully saturated rings. The molecule has 0 aromatic rings. The maximum Gasteiger partial charge on any atom is 0.328 e. The first-order chi connectivity index (χ1) is 8.20. The molecule has 0 spiro atoms. The zero-order chi connectivity index (χ0) is 14.7. The van der Waals surface area contributed by atoms with Crippen molar-refractivity contribution >= 4 is 34.8 Å². The van der Waals surface area contributed by atoms with Crippen LogP contribution >= 0.6 is 11.8 Å². The van der Waals surface area contributed by atoms with Gasteiger partial charge in [-0.05, 0) is 12.7 Å². The molecule has 0 aromatic heterocycles. The molecule has 10 heteroatoms. The van der Waals surface area contributed by atoms with Gasteiger partial charge in [-0.3, -0.25) is 10.2 Å². The van der Waals surface area contributed by atoms with Gasteiger partial charge in [0.2, 0.25) is 0 Å². The van der Waals surface area contributed by atoms with Crippen LogP contribution in [0, 0.1) is 5.41 Å². The number of hydrogen-bond acceptors (Lipinski definition) is 5. The molecule has 0 bridgehead atoms. The first-order valence-electron chi connectivity index (χ1n) is 4.62. The predicted molar refractivity (Wildman–Crippen MR) is 69.5 cm³/mol. The molecule has 1 atom stereocenters. The van der Waals surface area contributed by atoms with Crippen LogP contribution in [0.15, 0.2) is 4.99 Å². The van der Waals surface area contributed by atoms with E-state index >= 15 is 0 Å². The molecule has 0 aliphatic rings. The number of thioether (sulfide) groups is 1. The lowest BCUT2D eigenvalue weighted by Gasteiger charge is -2.04. The predicted octanol–water partition coefficient (Wildman–Crippen LogP) is -1.18. The summed E-state index contributed by atoms with van der Waals surface area (Å²) < 4.78 is 0. The SMILES string of the molecule is CSC(=N)N.NC(N)=N[C@@H](CCC(=O)O)C(=O)O. The Kier molecular flexibility index (Phi) is 10.4. The average molecular weight is 279 g/mol. The Balaban J connectivity index is 0. The second-order valence-corrected chi connectivity index (χ2v) is 3.76. The summed E-state index contributed by atoms with van der Waals surface area (Å²) in [4.78, 5) is 23.9. The Bertz CT molecular complexity index is 329. The van der Waals surface area contributed by atoms with E-state index in [-0.39, 0.29) is 24.0 Å². The number of aliphatic imine (C=N–C) groups is 1. The molecule has 104 valence electrons. The molecule has 0 aliphatic carbocycles. The van der Waals surface area contributed by atoms with Crippen molar-refractivity contribution < 1.29 is 19.8 Å². The van der Waals surface area contributed by atoms with E-state index in [1.807, 2.05) is 0 Å². The van der Waals surface area contributed by atoms with Crippen LogP contribution in [-0.4, -0.2) is 45.6 Å². The molecule has 0 aromatic carbocycles. The van der Waals surface area contributed by atoms with Crippen LogP contribution in [0.2, 0.25) is 0 Å². The zero-order valence-electron chi connectivity index (χ0n) is 9.79. The molecule has 18 heavy (non-hydrogen) atoms. The van der Waals surface area contributed by atoms with Crippen LogP contribution in [0.25, 0.3) is 0 Å². The van der Waals surface area contributed by atoms with Crippen molar-refractivity contribution in [2.24, 2.45) is 22.2 Å². The summed E-state index contributed by atoms with van der Waals surface area (Å²) in [6.45, 7) is 0. The number of aliphatic carboxylic acids is 2. The summed E-state index contributed by atoms with van der Waals surface area (Å²) in [6, 6.07) is -1.18. The number of hydrogen-bond donors (Lipinski definition) is 6. The fourth-order valence-electron chi connectivity index (χ4n) is 0.683. The molecule has 0 saturated carbocycles. The lowest BCUT2D eigenvalue weighted by molar-refractivity contribution is -0.139. The van der Waals surface area contributed by atoms with E-state index in [0.29, 0.717) is 0 Å². The highest BCUT2D eigenvalue weighted by Crippen LogP contribution is 2.02. The van der Waals surface area contributed by atoms with Crippen LogP contribution in [0.5, 0.6) is 0 Å². The van der Waals surface area contributed by atoms with Crippen molar-refractivity contribution in [2.75, 3.05) is 6.26 Å². The molecular weight excluding hydrogens is 262 g/mol. The van der Waals surface area contributed by atoms with E-state index in [0.717, 1.165) is 0 Å². The maximum atomic E-state index is 10.4. The van der Waals surface area contributed by atoms with E-state index in [9.17, 15) is 9.59 Å². The molecule has 0 radical (unpaired) electrons. The molecule has 9 N–H and O–H groups in total. The minimum absolute atomic E-state index is 0.122. The lowest BCUT2D eigenvalue weighted by atomic mass is 10.2. The number of carbonyl (C=O) groups is 2. The summed E-state index contributed by atoms with van der Waals surface area (Å²) in [6.07, 6.45) is 1.36. The molecular formula is C8H17N5O4S. The number of rotatable bonds is 5. The van der Waals surface area contributed by atoms with E-state index in [2.05, 4.69) is 4.99 Å². The molecule has 0 unspecified atom stereocenters. The Hall–Kier alpha value is -1.97. The van der Waals surface area contributed by atoms with Gasteiger partial charge >= 0.3 is 11.9 Å². The summed E-state index contributed by atoms with van der Waals surface area (Å²) in [5.74, 6) is -2.69. The van der Waals surface area contributed by atoms with Crippen molar-refractivity contribution in [3.05, 3.63) is 0 Å². The van der Waals surface area contributed by atoms with Gasteiger partial charge < -0.3 is 27.4 Å². The molecule has 9 nitrogen and oxygen atoms in total. The number of guanidine groups is 1. The van der Waals surface area contributed by atoms with Crippen molar-refractivity contribution in [1.82, 2.24) is 0 Å². The van der Waals surface area contributed by atoms with Gasteiger partial charge in [-0.2, -0.15) is 0 Å². The van der Waals surface area contributed by atoms with Gasteiger partial charge in [-0.1, -0.05) is 11.8 Å². The second kappa shape index (κ2) is 10.2. The number of nitrogens with zero attached hydrogens (tertiary/aromatic N) is 1. The number of carboxylic acid groups (broad SMARTS) is 2. The highest BCUT2D eigenvalue weighted by Gasteiger charge is 2.17. The van der Waals surface area contributed by atoms with Crippen LogP contribution in [0.1, 0.15) is 12.8 Å². The third kappa shape index (κ3) is 14.0. The van der Waals surface area contributed by atoms with Gasteiger partial charge in [-0.25, -0.2) is 9.79 Å². The first kappa shape index (κ1) is 18.4. The number of amidine groups is 1. The summed E-state index contributed by atoms with van der Waals surface area (Å²) in [5.41, 5.74) is 14.7. The maximum absolute atomic E-state index is 10.4. The monoisotopic (exact) mass is 279 g/mol. The van der Waals surface area contributed by atoms with E-state index in [1.54, 1.807) is 6.26 Å². The van der Waals surface area contributed by atoms with Crippen molar-refractivity contribution in [2.45, 2.75) is 18.9 Å². The fraction of sp³-hybridized carbons (Fsp3) is 0.500. The van der Waals surface area contributed by atoms with Gasteiger partial charge in [-0.15, -0.1) is 0 Å². The molecule has 0 saturated heterocycles. The minimum atomic E-state index is -1.24. The number of carboxylic acids is 2. The normalized spacial score (nSPS) is 10.5. The Morgan fingerprint density at radius 2 is 1.78 bits per heavy atom. The second-order valence-electron chi connectivity index (χ2n) is 2.91. The fourth-order valence-corrected chi connectivity index (χ4v) is 0.683. The standard InChI is InChI=1S/C6H11N3O4.C2H6N2S/c7-6(8)9-3(5(12)13)1-2-4(10)11;1-5-2(3)4/h3H,1-2H2,(H,10,11)(H,12,13)(H4,7,8,9);1H3,(H3,3,4)/t3-;/m0./s1. The van der Waals surface area contributed by atoms with Gasteiger partial charge in [0.15, 0.2) is 17.2 Å². The first-order valence-corrected chi connectivity index (χ1v) is 5.84. The highest BCUT2D eigenvalue weighted by molar-refractivity contribution is 8.13. The third-order valence-corrected chi connectivity index (χ3v) is 1.88. The van der Waals surface area contributed by atoms with Gasteiger partial charge in [0.05, 0.1) is 0 Å². The van der Waals surface area contributed by atoms with E-state index in [1.165, 1.54) is 11.8 Å². The lowest BCUT2D eigenvalue weighted by Crippen LogP contribution is -2.29. The summed E-state index contributed by atoms with van der Waals surface area (Å²) >= 11 is 1.24. The Morgan fingerprint density at radius 3 is 2.00 bits per heavy atom. The molecule has 0 rings (SSSR count). The van der Waals surface area contributed by atoms with Gasteiger partial charge in [0.25, 0.3) is 0 Å². The summed E-state index contributed by atoms with van der Waals surface area (Å²) in [5, 5.41) is 23.5. The van der Waals surface area contributed by atoms with Crippen molar-refractivity contribution in [3.8, 4) is 0 Å². The van der Waals surface area contributed by atoms with Crippen LogP contribution in [0.3, 0.4) is 0 Å². The van der Waals surface area contributed by atoms with Crippen molar-refractivity contribution in [3.63, 3.8) is 0 Å². The van der Waals surface area contributed by atoms with E-state index < -0.39 is 18.0 Å². The van der Waals surface area contributed by atoms with E-state index in [4.69, 9.17) is 32.8 Å². The smallest absolute Gasteiger partial charge is 0.328 e. The Labute approximate surface area is 108 Å². The van der Waals surface area contributed by atoms with Crippen LogP contribution in [0.4, 0.5) is 0 Å². The minimum Gasteiger partial charge on any atom is -0.481 e. The topological polar surface area (TPSA) is 189 Å². The van der Waals surface area contributed by atoms with Crippen molar-refractivity contribution in [1.29, 1.82) is 5.41 Å². The highest BCUT2D eigenvalue weighted by atomic mass is 32.2. The van der Waals surface area contributed by atoms with Crippen LogP contribution < -0.4 is 17.2 Å². The zero-order valence-corrected chi connectivity index (χ0v) is 10.6. The quantitative estimate of drug-likeness (QED) is 0.267. The van der Waals surface area contributed by atoms with Gasteiger partial charge in [0, 0.05) is 6.42 Å². The molecule has 0 heterocycles. The average Bonchev–Trinajstić information content (AvgIpc) is 2.23.